The molecule has 0 unspecified atom stereocenters. The fourth-order valence-corrected chi connectivity index (χ4v) is 1.75. The zero-order valence-electron chi connectivity index (χ0n) is 11.2. The van der Waals surface area contributed by atoms with Crippen molar-refractivity contribution in [2.75, 3.05) is 5.32 Å². The van der Waals surface area contributed by atoms with Crippen LogP contribution in [0.2, 0.25) is 0 Å². The Kier molecular flexibility index (Phi) is 3.31. The average molecular weight is 273 g/mol. The zero-order chi connectivity index (χ0) is 14.9. The highest BCUT2D eigenvalue weighted by molar-refractivity contribution is 6.02. The van der Waals surface area contributed by atoms with E-state index in [2.05, 4.69) is 10.3 Å². The molecule has 0 atom stereocenters. The summed E-state index contributed by atoms with van der Waals surface area (Å²) in [7, 11) is 0. The van der Waals surface area contributed by atoms with E-state index in [1.165, 1.54) is 13.8 Å². The number of nitrogens with two attached hydrogens (primary N) is 1. The summed E-state index contributed by atoms with van der Waals surface area (Å²) in [6.07, 6.45) is 0. The summed E-state index contributed by atoms with van der Waals surface area (Å²) in [5.74, 6) is -1.54. The van der Waals surface area contributed by atoms with Crippen LogP contribution >= 0.6 is 0 Å². The molecule has 0 radical (unpaired) electrons. The van der Waals surface area contributed by atoms with Gasteiger partial charge in [-0.05, 0) is 26.0 Å². The van der Waals surface area contributed by atoms with E-state index in [0.717, 1.165) is 5.39 Å². The predicted molar refractivity (Wildman–Crippen MR) is 75.6 cm³/mol. The van der Waals surface area contributed by atoms with Gasteiger partial charge in [-0.15, -0.1) is 0 Å². The number of carboxylic acids is 1. The maximum atomic E-state index is 11.5. The number of fused-ring (bicyclic) bond motifs is 1. The number of nitrogens with zero attached hydrogens (tertiary/aromatic N) is 1. The van der Waals surface area contributed by atoms with Gasteiger partial charge in [0, 0.05) is 5.39 Å². The molecule has 104 valence electrons. The molecule has 0 saturated heterocycles. The summed E-state index contributed by atoms with van der Waals surface area (Å²) < 4.78 is 0. The van der Waals surface area contributed by atoms with Crippen LogP contribution in [0.25, 0.3) is 10.9 Å². The maximum absolute atomic E-state index is 11.5. The minimum Gasteiger partial charge on any atom is -0.480 e. The lowest BCUT2D eigenvalue weighted by atomic mass is 10.0. The summed E-state index contributed by atoms with van der Waals surface area (Å²) >= 11 is 0. The van der Waals surface area contributed by atoms with Gasteiger partial charge in [-0.1, -0.05) is 18.2 Å². The highest BCUT2D eigenvalue weighted by atomic mass is 16.4. The van der Waals surface area contributed by atoms with E-state index in [9.17, 15) is 9.59 Å². The summed E-state index contributed by atoms with van der Waals surface area (Å²) in [5.41, 5.74) is 4.89. The molecule has 0 aliphatic rings. The molecule has 0 aliphatic carbocycles. The number of rotatable bonds is 4. The topological polar surface area (TPSA) is 105 Å². The Labute approximate surface area is 115 Å². The number of pyridine rings is 1. The number of amides is 1. The van der Waals surface area contributed by atoms with Crippen molar-refractivity contribution < 1.29 is 14.7 Å². The third kappa shape index (κ3) is 2.54. The van der Waals surface area contributed by atoms with E-state index in [-0.39, 0.29) is 11.4 Å². The molecule has 0 fully saturated rings. The minimum atomic E-state index is -1.26. The Bertz CT molecular complexity index is 695. The monoisotopic (exact) mass is 273 g/mol. The van der Waals surface area contributed by atoms with Gasteiger partial charge in [-0.25, -0.2) is 9.78 Å². The fraction of sp³-hybridized carbons (Fsp3) is 0.214. The smallest absolute Gasteiger partial charge is 0.328 e. The highest BCUT2D eigenvalue weighted by Crippen LogP contribution is 2.23. The minimum absolute atomic E-state index is 0.165. The van der Waals surface area contributed by atoms with Crippen LogP contribution in [-0.4, -0.2) is 27.5 Å². The average Bonchev–Trinajstić information content (AvgIpc) is 2.37. The molecule has 1 aromatic heterocycles. The van der Waals surface area contributed by atoms with Crippen molar-refractivity contribution >= 4 is 28.6 Å². The molecular weight excluding hydrogens is 258 g/mol. The van der Waals surface area contributed by atoms with Crippen molar-refractivity contribution in [2.45, 2.75) is 19.4 Å². The molecule has 1 heterocycles. The number of carboxylic acid groups (broad SMARTS) is 1. The second-order valence-electron chi connectivity index (χ2n) is 5.00. The van der Waals surface area contributed by atoms with Gasteiger partial charge in [0.15, 0.2) is 0 Å². The van der Waals surface area contributed by atoms with Crippen molar-refractivity contribution in [3.8, 4) is 0 Å². The van der Waals surface area contributed by atoms with Crippen LogP contribution in [0.4, 0.5) is 5.82 Å². The van der Waals surface area contributed by atoms with Gasteiger partial charge in [-0.2, -0.15) is 0 Å². The van der Waals surface area contributed by atoms with E-state index < -0.39 is 17.4 Å². The van der Waals surface area contributed by atoms with Crippen LogP contribution in [0, 0.1) is 0 Å². The number of hydrogen-bond acceptors (Lipinski definition) is 4. The largest absolute Gasteiger partial charge is 0.480 e. The number of aromatic nitrogens is 1. The summed E-state index contributed by atoms with van der Waals surface area (Å²) in [4.78, 5) is 27.0. The normalized spacial score (nSPS) is 11.3. The van der Waals surface area contributed by atoms with Crippen LogP contribution in [0.5, 0.6) is 0 Å². The lowest BCUT2D eigenvalue weighted by Gasteiger charge is -2.23. The molecule has 6 heteroatoms. The third-order valence-electron chi connectivity index (χ3n) is 2.95. The lowest BCUT2D eigenvalue weighted by Crippen LogP contribution is -2.41. The molecule has 1 amide bonds. The molecule has 0 saturated carbocycles. The van der Waals surface area contributed by atoms with Crippen LogP contribution in [0.3, 0.4) is 0 Å². The standard InChI is InChI=1S/C14H15N3O3/c1-14(2,13(19)20)17-12-9(11(15)18)7-8-5-3-4-6-10(8)16-12/h3-7H,1-2H3,(H2,15,18)(H,16,17)(H,19,20). The Balaban J connectivity index is 2.58. The number of para-hydroxylation sites is 1. The van der Waals surface area contributed by atoms with E-state index in [0.29, 0.717) is 5.52 Å². The van der Waals surface area contributed by atoms with Crippen LogP contribution in [0.1, 0.15) is 24.2 Å². The van der Waals surface area contributed by atoms with Gasteiger partial charge in [-0.3, -0.25) is 4.79 Å². The summed E-state index contributed by atoms with van der Waals surface area (Å²) in [5, 5.41) is 12.7. The van der Waals surface area contributed by atoms with Gasteiger partial charge < -0.3 is 16.2 Å². The second-order valence-corrected chi connectivity index (χ2v) is 5.00. The van der Waals surface area contributed by atoms with Gasteiger partial charge in [0.2, 0.25) is 0 Å². The molecule has 0 aliphatic heterocycles. The molecule has 1 aromatic carbocycles. The number of carbonyl (C=O) groups is 2. The second kappa shape index (κ2) is 4.80. The summed E-state index contributed by atoms with van der Waals surface area (Å²) in [6.45, 7) is 2.97. The molecule has 4 N–H and O–H groups in total. The third-order valence-corrected chi connectivity index (χ3v) is 2.95. The van der Waals surface area contributed by atoms with Crippen molar-refractivity contribution in [1.82, 2.24) is 4.98 Å². The molecule has 2 rings (SSSR count). The first-order chi connectivity index (χ1) is 9.31. The Morgan fingerprint density at radius 2 is 1.95 bits per heavy atom. The van der Waals surface area contributed by atoms with Crippen molar-refractivity contribution in [3.05, 3.63) is 35.9 Å². The number of primary amides is 1. The van der Waals surface area contributed by atoms with E-state index in [4.69, 9.17) is 10.8 Å². The number of carbonyl (C=O) groups excluding carboxylic acids is 1. The Hall–Kier alpha value is -2.63. The number of nitrogens with one attached hydrogen (secondary N) is 1. The molecule has 20 heavy (non-hydrogen) atoms. The highest BCUT2D eigenvalue weighted by Gasteiger charge is 2.29. The molecule has 6 nitrogen and oxygen atoms in total. The molecule has 0 spiro atoms. The number of hydrogen-bond donors (Lipinski definition) is 3. The van der Waals surface area contributed by atoms with Crippen LogP contribution in [-0.2, 0) is 4.79 Å². The first-order valence-electron chi connectivity index (χ1n) is 6.02. The zero-order valence-corrected chi connectivity index (χ0v) is 11.2. The van der Waals surface area contributed by atoms with E-state index in [1.807, 2.05) is 12.1 Å². The molecular formula is C14H15N3O3. The van der Waals surface area contributed by atoms with Crippen molar-refractivity contribution in [1.29, 1.82) is 0 Å². The quantitative estimate of drug-likeness (QED) is 0.784. The number of benzene rings is 1. The van der Waals surface area contributed by atoms with E-state index >= 15 is 0 Å². The predicted octanol–water partition coefficient (Wildman–Crippen LogP) is 1.61. The lowest BCUT2D eigenvalue weighted by molar-refractivity contribution is -0.141. The first-order valence-corrected chi connectivity index (χ1v) is 6.02. The van der Waals surface area contributed by atoms with Gasteiger partial charge in [0.25, 0.3) is 5.91 Å². The van der Waals surface area contributed by atoms with Crippen molar-refractivity contribution in [3.63, 3.8) is 0 Å². The maximum Gasteiger partial charge on any atom is 0.328 e. The number of aliphatic carboxylic acids is 1. The first kappa shape index (κ1) is 13.8. The fourth-order valence-electron chi connectivity index (χ4n) is 1.75. The van der Waals surface area contributed by atoms with Crippen LogP contribution < -0.4 is 11.1 Å². The molecule has 2 aromatic rings. The Morgan fingerprint density at radius 1 is 1.30 bits per heavy atom. The van der Waals surface area contributed by atoms with Crippen LogP contribution in [0.15, 0.2) is 30.3 Å². The van der Waals surface area contributed by atoms with Gasteiger partial charge in [0.05, 0.1) is 11.1 Å². The number of anilines is 1. The van der Waals surface area contributed by atoms with Crippen molar-refractivity contribution in [2.24, 2.45) is 5.73 Å². The Morgan fingerprint density at radius 3 is 2.55 bits per heavy atom. The van der Waals surface area contributed by atoms with Gasteiger partial charge in [0.1, 0.15) is 11.4 Å². The summed E-state index contributed by atoms with van der Waals surface area (Å²) in [6, 6.07) is 8.82. The van der Waals surface area contributed by atoms with E-state index in [1.54, 1.807) is 18.2 Å². The SMILES string of the molecule is CC(C)(Nc1nc2ccccc2cc1C(N)=O)C(=O)O. The van der Waals surface area contributed by atoms with Gasteiger partial charge >= 0.3 is 5.97 Å². The molecule has 0 bridgehead atoms.